The Morgan fingerprint density at radius 2 is 1.73 bits per heavy atom. The van der Waals surface area contributed by atoms with Crippen LogP contribution in [-0.4, -0.2) is 4.90 Å². The molecule has 0 aliphatic carbocycles. The third-order valence-electron chi connectivity index (χ3n) is 7.43. The van der Waals surface area contributed by atoms with Gasteiger partial charge in [0.15, 0.2) is 0 Å². The summed E-state index contributed by atoms with van der Waals surface area (Å²) in [6, 6.07) is 4.54. The molecule has 194 valence electrons. The first-order valence-electron chi connectivity index (χ1n) is 13.4. The summed E-state index contributed by atoms with van der Waals surface area (Å²) in [6.07, 6.45) is 15.7. The van der Waals surface area contributed by atoms with E-state index >= 15 is 0 Å². The molecule has 1 N–H and O–H groups in total. The van der Waals surface area contributed by atoms with Crippen molar-refractivity contribution in [3.8, 4) is 0 Å². The van der Waals surface area contributed by atoms with E-state index in [1.165, 1.54) is 33.4 Å². The normalized spacial score (nSPS) is 17.9. The van der Waals surface area contributed by atoms with Crippen molar-refractivity contribution in [1.82, 2.24) is 10.2 Å². The topological polar surface area (TPSA) is 15.3 Å². The molecule has 0 spiro atoms. The van der Waals surface area contributed by atoms with E-state index < -0.39 is 0 Å². The zero-order valence-corrected chi connectivity index (χ0v) is 23.8. The molecule has 0 amide bonds. The first-order valence-corrected chi connectivity index (χ1v) is 13.4. The zero-order valence-electron chi connectivity index (χ0n) is 23.8. The molecule has 0 radical (unpaired) electrons. The molecule has 37 heavy (non-hydrogen) atoms. The number of benzene rings is 1. The molecule has 2 heterocycles. The van der Waals surface area contributed by atoms with Crippen molar-refractivity contribution in [1.29, 1.82) is 0 Å². The number of hydrogen-bond donors (Lipinski definition) is 1. The van der Waals surface area contributed by atoms with Gasteiger partial charge in [-0.1, -0.05) is 80.8 Å². The van der Waals surface area contributed by atoms with E-state index in [1.807, 2.05) is 25.3 Å². The van der Waals surface area contributed by atoms with Crippen LogP contribution in [0.4, 0.5) is 0 Å². The molecule has 0 bridgehead atoms. The Labute approximate surface area is 225 Å². The van der Waals surface area contributed by atoms with Crippen LogP contribution < -0.4 is 5.32 Å². The van der Waals surface area contributed by atoms with E-state index in [0.717, 1.165) is 59.6 Å². The number of allylic oxidation sites excluding steroid dienone is 10. The summed E-state index contributed by atoms with van der Waals surface area (Å²) in [7, 11) is 0. The fraction of sp³-hybridized carbons (Fsp3) is 0.314. The van der Waals surface area contributed by atoms with Crippen LogP contribution in [0.1, 0.15) is 75.1 Å². The predicted molar refractivity (Wildman–Crippen MR) is 162 cm³/mol. The van der Waals surface area contributed by atoms with E-state index in [4.69, 9.17) is 0 Å². The van der Waals surface area contributed by atoms with Crippen molar-refractivity contribution in [2.45, 2.75) is 73.3 Å². The minimum absolute atomic E-state index is 0.536. The monoisotopic (exact) mass is 492 g/mol. The second-order valence-corrected chi connectivity index (χ2v) is 10.5. The van der Waals surface area contributed by atoms with Crippen LogP contribution in [0.15, 0.2) is 120 Å². The van der Waals surface area contributed by atoms with E-state index in [0.29, 0.717) is 5.92 Å². The quantitative estimate of drug-likeness (QED) is 0.381. The first-order chi connectivity index (χ1) is 17.6. The smallest absolute Gasteiger partial charge is 0.113 e. The summed E-state index contributed by atoms with van der Waals surface area (Å²) >= 11 is 0. The summed E-state index contributed by atoms with van der Waals surface area (Å²) < 4.78 is 0. The molecule has 0 fully saturated rings. The molecule has 0 saturated heterocycles. The zero-order chi connectivity index (χ0) is 27.3. The van der Waals surface area contributed by atoms with Crippen LogP contribution in [-0.2, 0) is 6.54 Å². The molecule has 1 aromatic carbocycles. The molecule has 1 aromatic rings. The van der Waals surface area contributed by atoms with Gasteiger partial charge >= 0.3 is 0 Å². The number of hydrogen-bond acceptors (Lipinski definition) is 2. The maximum Gasteiger partial charge on any atom is 0.113 e. The van der Waals surface area contributed by atoms with Crippen molar-refractivity contribution >= 4 is 0 Å². The molecular weight excluding hydrogens is 448 g/mol. The Balaban J connectivity index is 2.07. The summed E-state index contributed by atoms with van der Waals surface area (Å²) in [5.41, 5.74) is 13.4. The van der Waals surface area contributed by atoms with E-state index in [9.17, 15) is 0 Å². The summed E-state index contributed by atoms with van der Waals surface area (Å²) in [5.74, 6) is 1.63. The average Bonchev–Trinajstić information content (AvgIpc) is 2.93. The first kappa shape index (κ1) is 28.1. The number of rotatable bonds is 7. The van der Waals surface area contributed by atoms with E-state index in [1.54, 1.807) is 0 Å². The molecule has 0 saturated carbocycles. The van der Waals surface area contributed by atoms with Crippen LogP contribution in [0.2, 0.25) is 0 Å². The van der Waals surface area contributed by atoms with E-state index in [2.05, 4.69) is 102 Å². The second-order valence-electron chi connectivity index (χ2n) is 10.5. The summed E-state index contributed by atoms with van der Waals surface area (Å²) in [5, 5.41) is 3.79. The fourth-order valence-electron chi connectivity index (χ4n) is 5.34. The third-order valence-corrected chi connectivity index (χ3v) is 7.43. The van der Waals surface area contributed by atoms with Crippen molar-refractivity contribution in [3.05, 3.63) is 142 Å². The number of nitrogens with one attached hydrogen (secondary N) is 1. The molecular formula is C35H44N2. The second kappa shape index (κ2) is 12.1. The summed E-state index contributed by atoms with van der Waals surface area (Å²) in [4.78, 5) is 2.13. The lowest BCUT2D eigenvalue weighted by atomic mass is 9.83. The molecule has 2 heteroatoms. The molecule has 1 atom stereocenters. The maximum atomic E-state index is 4.51. The Morgan fingerprint density at radius 3 is 2.35 bits per heavy atom. The largest absolute Gasteiger partial charge is 0.367 e. The Kier molecular flexibility index (Phi) is 9.21. The Morgan fingerprint density at radius 1 is 1.05 bits per heavy atom. The lowest BCUT2D eigenvalue weighted by Crippen LogP contribution is -2.31. The third kappa shape index (κ3) is 6.25. The van der Waals surface area contributed by atoms with Crippen molar-refractivity contribution in [3.63, 3.8) is 0 Å². The molecule has 3 rings (SSSR count). The highest BCUT2D eigenvalue weighted by molar-refractivity contribution is 5.60. The van der Waals surface area contributed by atoms with Crippen LogP contribution in [0.3, 0.4) is 0 Å². The van der Waals surface area contributed by atoms with Crippen molar-refractivity contribution < 1.29 is 0 Å². The van der Waals surface area contributed by atoms with E-state index in [-0.39, 0.29) is 0 Å². The van der Waals surface area contributed by atoms with Gasteiger partial charge in [-0.2, -0.15) is 0 Å². The highest BCUT2D eigenvalue weighted by Gasteiger charge is 2.28. The molecule has 1 unspecified atom stereocenters. The summed E-state index contributed by atoms with van der Waals surface area (Å²) in [6.45, 7) is 30.7. The fourth-order valence-corrected chi connectivity index (χ4v) is 5.34. The lowest BCUT2D eigenvalue weighted by Gasteiger charge is -2.34. The minimum Gasteiger partial charge on any atom is -0.367 e. The van der Waals surface area contributed by atoms with Crippen molar-refractivity contribution in [2.24, 2.45) is 0 Å². The number of nitrogens with zero attached hydrogens (tertiary/aromatic N) is 1. The van der Waals surface area contributed by atoms with Gasteiger partial charge < -0.3 is 10.2 Å². The van der Waals surface area contributed by atoms with Gasteiger partial charge in [0.25, 0.3) is 0 Å². The maximum absolute atomic E-state index is 4.51. The van der Waals surface area contributed by atoms with Crippen LogP contribution in [0.25, 0.3) is 0 Å². The Hall–Kier alpha value is -3.52. The molecule has 2 aliphatic heterocycles. The molecule has 0 aromatic heterocycles. The average molecular weight is 493 g/mol. The molecule has 2 nitrogen and oxygen atoms in total. The van der Waals surface area contributed by atoms with Gasteiger partial charge in [0.2, 0.25) is 0 Å². The van der Waals surface area contributed by atoms with Crippen LogP contribution in [0.5, 0.6) is 0 Å². The SMILES string of the molecule is C=CN1C(=C)C(C(/C=C\C(=C)/C=C/C(=C)C)=C(C)C)=CC2=C1NCc1c(C)ccc(C)c1C(CC)CC2. The van der Waals surface area contributed by atoms with Gasteiger partial charge in [-0.3, -0.25) is 0 Å². The predicted octanol–water partition coefficient (Wildman–Crippen LogP) is 9.37. The highest BCUT2D eigenvalue weighted by Crippen LogP contribution is 2.40. The number of aryl methyl sites for hydroxylation is 2. The highest BCUT2D eigenvalue weighted by atomic mass is 15.2. The van der Waals surface area contributed by atoms with Gasteiger partial charge in [-0.25, -0.2) is 0 Å². The standard InChI is InChI=1S/C35H44N2/c1-11-29-18-19-30-21-32(31(24(5)6)20-15-25(7)14-13-23(3)4)28(10)37(12-2)35(30)36-22-33-26(8)16-17-27(9)34(29)33/h12-17,20-21,29,36H,2-3,7,10-11,18-19,22H2,1,4-6,8-9H3/b14-13+,20-15-. The molecule has 2 aliphatic rings. The number of fused-ring (bicyclic) bond motifs is 1. The minimum atomic E-state index is 0.536. The van der Waals surface area contributed by atoms with Crippen molar-refractivity contribution in [2.75, 3.05) is 0 Å². The van der Waals surface area contributed by atoms with Crippen LogP contribution in [0, 0.1) is 13.8 Å². The Bertz CT molecular complexity index is 1270. The van der Waals surface area contributed by atoms with Gasteiger partial charge in [-0.05, 0) is 105 Å². The van der Waals surface area contributed by atoms with Gasteiger partial charge in [0.1, 0.15) is 5.82 Å². The van der Waals surface area contributed by atoms with Gasteiger partial charge in [0.05, 0.1) is 0 Å². The van der Waals surface area contributed by atoms with Gasteiger partial charge in [-0.15, -0.1) is 0 Å². The lowest BCUT2D eigenvalue weighted by molar-refractivity contribution is 0.502. The van der Waals surface area contributed by atoms with Gasteiger partial charge in [0, 0.05) is 24.0 Å². The van der Waals surface area contributed by atoms with Crippen LogP contribution >= 0.6 is 0 Å².